The molecule has 1 aromatic rings. The number of methoxy groups -OCH3 is 1. The van der Waals surface area contributed by atoms with Gasteiger partial charge < -0.3 is 9.30 Å². The predicted molar refractivity (Wildman–Crippen MR) is 80.6 cm³/mol. The molecule has 0 aliphatic carbocycles. The molecule has 116 valence electrons. The summed E-state index contributed by atoms with van der Waals surface area (Å²) in [6.45, 7) is 7.06. The van der Waals surface area contributed by atoms with Gasteiger partial charge in [-0.25, -0.2) is 8.42 Å². The lowest BCUT2D eigenvalue weighted by atomic mass is 10.4. The molecule has 0 atom stereocenters. The molecule has 0 aliphatic rings. The van der Waals surface area contributed by atoms with E-state index in [1.54, 1.807) is 19.4 Å². The molecule has 0 unspecified atom stereocenters. The molecule has 0 spiro atoms. The monoisotopic (exact) mass is 322 g/mol. The van der Waals surface area contributed by atoms with E-state index < -0.39 is 10.0 Å². The van der Waals surface area contributed by atoms with Gasteiger partial charge in [0.1, 0.15) is 4.90 Å². The van der Waals surface area contributed by atoms with Crippen LogP contribution in [-0.4, -0.2) is 43.6 Å². The Hall–Kier alpha value is -0.560. The number of rotatable bonds is 8. The Morgan fingerprint density at radius 1 is 1.45 bits per heavy atom. The van der Waals surface area contributed by atoms with Crippen molar-refractivity contribution >= 4 is 21.6 Å². The molecule has 1 rings (SSSR count). The summed E-state index contributed by atoms with van der Waals surface area (Å²) in [7, 11) is -1.96. The van der Waals surface area contributed by atoms with Crippen molar-refractivity contribution in [2.24, 2.45) is 0 Å². The Balaban J connectivity index is 3.15. The molecular formula is C13H23ClN2O3S. The van der Waals surface area contributed by atoms with Crippen molar-refractivity contribution < 1.29 is 13.2 Å². The number of hydrogen-bond acceptors (Lipinski definition) is 3. The molecule has 0 aromatic carbocycles. The van der Waals surface area contributed by atoms with E-state index in [1.807, 2.05) is 25.3 Å². The van der Waals surface area contributed by atoms with Crippen molar-refractivity contribution in [1.29, 1.82) is 0 Å². The van der Waals surface area contributed by atoms with Crippen LogP contribution < -0.4 is 0 Å². The highest BCUT2D eigenvalue weighted by molar-refractivity contribution is 7.89. The Bertz CT molecular complexity index is 504. The van der Waals surface area contributed by atoms with Crippen molar-refractivity contribution in [2.75, 3.05) is 20.3 Å². The van der Waals surface area contributed by atoms with E-state index >= 15 is 0 Å². The quantitative estimate of drug-likeness (QED) is 0.690. The maximum absolute atomic E-state index is 12.7. The molecule has 20 heavy (non-hydrogen) atoms. The average Bonchev–Trinajstić information content (AvgIpc) is 2.82. The fraction of sp³-hybridized carbons (Fsp3) is 0.692. The fourth-order valence-corrected chi connectivity index (χ4v) is 3.96. The van der Waals surface area contributed by atoms with Crippen LogP contribution in [0.15, 0.2) is 17.2 Å². The SMILES string of the molecule is CCn1cc(S(=O)(=O)N(CCOC)C(C)C)cc1CCl. The largest absolute Gasteiger partial charge is 0.383 e. The highest BCUT2D eigenvalue weighted by atomic mass is 35.5. The van der Waals surface area contributed by atoms with Gasteiger partial charge in [-0.1, -0.05) is 0 Å². The number of hydrogen-bond donors (Lipinski definition) is 0. The second kappa shape index (κ2) is 7.45. The van der Waals surface area contributed by atoms with Gasteiger partial charge in [-0.05, 0) is 26.8 Å². The topological polar surface area (TPSA) is 51.5 Å². The lowest BCUT2D eigenvalue weighted by Gasteiger charge is -2.25. The molecule has 7 heteroatoms. The smallest absolute Gasteiger partial charge is 0.244 e. The van der Waals surface area contributed by atoms with Crippen molar-refractivity contribution in [1.82, 2.24) is 8.87 Å². The van der Waals surface area contributed by atoms with Crippen molar-refractivity contribution in [3.63, 3.8) is 0 Å². The zero-order valence-electron chi connectivity index (χ0n) is 12.5. The standard InChI is InChI=1S/C13H23ClN2O3S/c1-5-15-10-13(8-12(15)9-14)20(17,18)16(11(2)3)6-7-19-4/h8,10-11H,5-7,9H2,1-4H3. The Morgan fingerprint density at radius 2 is 2.10 bits per heavy atom. The van der Waals surface area contributed by atoms with Crippen LogP contribution in [0.4, 0.5) is 0 Å². The summed E-state index contributed by atoms with van der Waals surface area (Å²) in [6.07, 6.45) is 1.65. The molecule has 0 amide bonds. The summed E-state index contributed by atoms with van der Waals surface area (Å²) in [5, 5.41) is 0. The first-order valence-corrected chi connectivity index (χ1v) is 8.61. The van der Waals surface area contributed by atoms with Crippen LogP contribution in [-0.2, 0) is 27.2 Å². The van der Waals surface area contributed by atoms with E-state index in [4.69, 9.17) is 16.3 Å². The van der Waals surface area contributed by atoms with Crippen LogP contribution in [0.3, 0.4) is 0 Å². The van der Waals surface area contributed by atoms with Crippen LogP contribution in [0.1, 0.15) is 26.5 Å². The number of sulfonamides is 1. The molecule has 1 heterocycles. The van der Waals surface area contributed by atoms with Gasteiger partial charge in [0.05, 0.1) is 12.5 Å². The van der Waals surface area contributed by atoms with Crippen molar-refractivity contribution in [2.45, 2.75) is 44.1 Å². The minimum absolute atomic E-state index is 0.125. The van der Waals surface area contributed by atoms with Gasteiger partial charge in [0.2, 0.25) is 10.0 Å². The third-order valence-corrected chi connectivity index (χ3v) is 5.45. The van der Waals surface area contributed by atoms with E-state index in [-0.39, 0.29) is 6.04 Å². The summed E-state index contributed by atoms with van der Waals surface area (Å²) in [6, 6.07) is 1.52. The first-order chi connectivity index (χ1) is 9.38. The van der Waals surface area contributed by atoms with E-state index in [0.717, 1.165) is 5.69 Å². The molecular weight excluding hydrogens is 300 g/mol. The molecule has 0 N–H and O–H groups in total. The molecule has 0 aliphatic heterocycles. The second-order valence-electron chi connectivity index (χ2n) is 4.79. The van der Waals surface area contributed by atoms with E-state index in [2.05, 4.69) is 0 Å². The maximum atomic E-state index is 12.7. The normalized spacial score (nSPS) is 12.6. The first kappa shape index (κ1) is 17.5. The average molecular weight is 323 g/mol. The molecule has 0 saturated heterocycles. The van der Waals surface area contributed by atoms with Gasteiger partial charge in [-0.3, -0.25) is 0 Å². The highest BCUT2D eigenvalue weighted by Gasteiger charge is 2.28. The molecule has 0 saturated carbocycles. The molecule has 0 fully saturated rings. The van der Waals surface area contributed by atoms with E-state index in [1.165, 1.54) is 4.31 Å². The number of ether oxygens (including phenoxy) is 1. The lowest BCUT2D eigenvalue weighted by Crippen LogP contribution is -2.39. The summed E-state index contributed by atoms with van der Waals surface area (Å²) >= 11 is 5.85. The van der Waals surface area contributed by atoms with Gasteiger partial charge >= 0.3 is 0 Å². The van der Waals surface area contributed by atoms with Gasteiger partial charge in [0, 0.05) is 38.1 Å². The van der Waals surface area contributed by atoms with Crippen LogP contribution in [0.2, 0.25) is 0 Å². The van der Waals surface area contributed by atoms with Crippen LogP contribution >= 0.6 is 11.6 Å². The van der Waals surface area contributed by atoms with Crippen LogP contribution in [0, 0.1) is 0 Å². The Labute approximate surface area is 126 Å². The predicted octanol–water partition coefficient (Wildman–Crippen LogP) is 2.29. The third kappa shape index (κ3) is 3.75. The van der Waals surface area contributed by atoms with Gasteiger partial charge in [-0.2, -0.15) is 4.31 Å². The first-order valence-electron chi connectivity index (χ1n) is 6.64. The Kier molecular flexibility index (Phi) is 6.51. The number of alkyl halides is 1. The third-order valence-electron chi connectivity index (χ3n) is 3.14. The molecule has 1 aromatic heterocycles. The minimum atomic E-state index is -3.52. The summed E-state index contributed by atoms with van der Waals surface area (Å²) < 4.78 is 33.7. The summed E-state index contributed by atoms with van der Waals surface area (Å²) in [5.74, 6) is 0.295. The zero-order valence-corrected chi connectivity index (χ0v) is 14.0. The van der Waals surface area contributed by atoms with E-state index in [0.29, 0.717) is 30.5 Å². The van der Waals surface area contributed by atoms with Crippen molar-refractivity contribution in [3.8, 4) is 0 Å². The van der Waals surface area contributed by atoms with E-state index in [9.17, 15) is 8.42 Å². The highest BCUT2D eigenvalue weighted by Crippen LogP contribution is 2.22. The van der Waals surface area contributed by atoms with Crippen LogP contribution in [0.25, 0.3) is 0 Å². The fourth-order valence-electron chi connectivity index (χ4n) is 2.04. The number of halogens is 1. The van der Waals surface area contributed by atoms with Crippen molar-refractivity contribution in [3.05, 3.63) is 18.0 Å². The van der Waals surface area contributed by atoms with Gasteiger partial charge in [0.15, 0.2) is 0 Å². The molecule has 5 nitrogen and oxygen atoms in total. The minimum Gasteiger partial charge on any atom is -0.383 e. The summed E-state index contributed by atoms with van der Waals surface area (Å²) in [4.78, 5) is 0.291. The number of aryl methyl sites for hydroxylation is 1. The maximum Gasteiger partial charge on any atom is 0.244 e. The van der Waals surface area contributed by atoms with Gasteiger partial charge in [0.25, 0.3) is 0 Å². The lowest BCUT2D eigenvalue weighted by molar-refractivity contribution is 0.171. The van der Waals surface area contributed by atoms with Crippen LogP contribution in [0.5, 0.6) is 0 Å². The molecule has 0 bridgehead atoms. The number of aromatic nitrogens is 1. The number of nitrogens with zero attached hydrogens (tertiary/aromatic N) is 2. The molecule has 0 radical (unpaired) electrons. The Morgan fingerprint density at radius 3 is 2.50 bits per heavy atom. The van der Waals surface area contributed by atoms with Gasteiger partial charge in [-0.15, -0.1) is 11.6 Å². The summed E-state index contributed by atoms with van der Waals surface area (Å²) in [5.41, 5.74) is 0.809. The second-order valence-corrected chi connectivity index (χ2v) is 6.95. The zero-order chi connectivity index (χ0) is 15.3.